The van der Waals surface area contributed by atoms with Crippen molar-refractivity contribution in [1.29, 1.82) is 0 Å². The molecular weight excluding hydrogens is 373 g/mol. The number of hydrogen-bond donors (Lipinski definition) is 2. The highest BCUT2D eigenvalue weighted by Gasteiger charge is 2.27. The minimum absolute atomic E-state index is 0. The first kappa shape index (κ1) is 22.5. The monoisotopic (exact) mass is 399 g/mol. The molecule has 0 spiro atoms. The zero-order valence-electron chi connectivity index (χ0n) is 14.7. The molecule has 3 rings (SSSR count). The zero-order valence-corrected chi connectivity index (χ0v) is 16.4. The highest BCUT2D eigenvalue weighted by atomic mass is 35.5. The van der Waals surface area contributed by atoms with E-state index in [1.807, 2.05) is 30.3 Å². The number of benzene rings is 1. The van der Waals surface area contributed by atoms with Crippen LogP contribution in [0.25, 0.3) is 11.3 Å². The third-order valence-electron chi connectivity index (χ3n) is 4.71. The number of aromatic nitrogens is 1. The smallest absolute Gasteiger partial charge is 0.220 e. The van der Waals surface area contributed by atoms with Crippen molar-refractivity contribution >= 4 is 30.7 Å². The van der Waals surface area contributed by atoms with E-state index in [0.29, 0.717) is 31.2 Å². The number of oxazole rings is 1. The van der Waals surface area contributed by atoms with E-state index < -0.39 is 0 Å². The molecule has 1 aliphatic carbocycles. The fourth-order valence-electron chi connectivity index (χ4n) is 3.35. The van der Waals surface area contributed by atoms with Gasteiger partial charge in [0.05, 0.1) is 6.20 Å². The fourth-order valence-corrected chi connectivity index (χ4v) is 3.35. The van der Waals surface area contributed by atoms with Crippen molar-refractivity contribution in [3.05, 3.63) is 42.4 Å². The second-order valence-corrected chi connectivity index (χ2v) is 6.44. The van der Waals surface area contributed by atoms with Crippen molar-refractivity contribution in [2.75, 3.05) is 6.54 Å². The lowest BCUT2D eigenvalue weighted by Gasteiger charge is -2.19. The number of amides is 1. The molecule has 2 unspecified atom stereocenters. The van der Waals surface area contributed by atoms with E-state index in [1.165, 1.54) is 0 Å². The maximum Gasteiger partial charge on any atom is 0.220 e. The summed E-state index contributed by atoms with van der Waals surface area (Å²) in [5.74, 6) is 2.00. The van der Waals surface area contributed by atoms with Crippen LogP contribution in [0.3, 0.4) is 0 Å². The summed E-state index contributed by atoms with van der Waals surface area (Å²) in [7, 11) is 0. The molecule has 26 heavy (non-hydrogen) atoms. The van der Waals surface area contributed by atoms with Gasteiger partial charge in [0.25, 0.3) is 0 Å². The van der Waals surface area contributed by atoms with Crippen LogP contribution < -0.4 is 11.1 Å². The number of carbonyl (C=O) groups excluding carboxylic acids is 1. The molecule has 1 aromatic heterocycles. The Morgan fingerprint density at radius 2 is 2.00 bits per heavy atom. The number of aryl methyl sites for hydroxylation is 1. The first-order valence-electron chi connectivity index (χ1n) is 8.76. The Bertz CT molecular complexity index is 664. The normalized spacial score (nSPS) is 18.7. The van der Waals surface area contributed by atoms with E-state index >= 15 is 0 Å². The minimum Gasteiger partial charge on any atom is -0.441 e. The highest BCUT2D eigenvalue weighted by molar-refractivity contribution is 5.85. The lowest BCUT2D eigenvalue weighted by atomic mass is 10.0. The van der Waals surface area contributed by atoms with Gasteiger partial charge in [-0.1, -0.05) is 36.8 Å². The Labute approximate surface area is 167 Å². The van der Waals surface area contributed by atoms with Crippen LogP contribution in [-0.2, 0) is 11.2 Å². The van der Waals surface area contributed by atoms with Gasteiger partial charge in [0.15, 0.2) is 11.7 Å². The lowest BCUT2D eigenvalue weighted by molar-refractivity contribution is -0.122. The average molecular weight is 400 g/mol. The molecule has 0 radical (unpaired) electrons. The molecule has 1 heterocycles. The van der Waals surface area contributed by atoms with Gasteiger partial charge in [-0.05, 0) is 31.7 Å². The second-order valence-electron chi connectivity index (χ2n) is 6.44. The maximum atomic E-state index is 12.1. The Morgan fingerprint density at radius 1 is 1.23 bits per heavy atom. The van der Waals surface area contributed by atoms with E-state index in [1.54, 1.807) is 6.20 Å². The minimum atomic E-state index is 0. The molecule has 1 aromatic carbocycles. The van der Waals surface area contributed by atoms with Gasteiger partial charge in [0.2, 0.25) is 5.91 Å². The predicted molar refractivity (Wildman–Crippen MR) is 108 cm³/mol. The van der Waals surface area contributed by atoms with Gasteiger partial charge in [0.1, 0.15) is 0 Å². The van der Waals surface area contributed by atoms with Gasteiger partial charge in [-0.3, -0.25) is 4.79 Å². The zero-order chi connectivity index (χ0) is 16.8. The summed E-state index contributed by atoms with van der Waals surface area (Å²) in [5, 5.41) is 3.13. The number of halogens is 2. The summed E-state index contributed by atoms with van der Waals surface area (Å²) in [5.41, 5.74) is 6.77. The third kappa shape index (κ3) is 6.01. The van der Waals surface area contributed by atoms with E-state index in [0.717, 1.165) is 37.0 Å². The molecule has 1 amide bonds. The highest BCUT2D eigenvalue weighted by Crippen LogP contribution is 2.25. The van der Waals surface area contributed by atoms with Gasteiger partial charge >= 0.3 is 0 Å². The predicted octanol–water partition coefficient (Wildman–Crippen LogP) is 3.75. The van der Waals surface area contributed by atoms with Crippen LogP contribution in [0, 0.1) is 5.92 Å². The molecule has 0 saturated heterocycles. The molecule has 1 fully saturated rings. The molecule has 7 heteroatoms. The van der Waals surface area contributed by atoms with Gasteiger partial charge in [0, 0.05) is 24.4 Å². The van der Waals surface area contributed by atoms with Crippen LogP contribution in [0.4, 0.5) is 0 Å². The van der Waals surface area contributed by atoms with Gasteiger partial charge in [-0.25, -0.2) is 4.98 Å². The summed E-state index contributed by atoms with van der Waals surface area (Å²) in [6, 6.07) is 10.2. The van der Waals surface area contributed by atoms with Crippen LogP contribution in [-0.4, -0.2) is 23.5 Å². The number of hydrogen-bond acceptors (Lipinski definition) is 4. The molecule has 1 saturated carbocycles. The Kier molecular flexibility index (Phi) is 9.70. The molecule has 144 valence electrons. The van der Waals surface area contributed by atoms with Crippen molar-refractivity contribution in [3.8, 4) is 11.3 Å². The second kappa shape index (κ2) is 11.2. The largest absolute Gasteiger partial charge is 0.441 e. The van der Waals surface area contributed by atoms with Crippen molar-refractivity contribution in [1.82, 2.24) is 10.3 Å². The maximum absolute atomic E-state index is 12.1. The fraction of sp³-hybridized carbons (Fsp3) is 0.474. The standard InChI is InChI=1S/C19H25N3O2.2ClH/c20-12-15-8-4-9-16(15)22-18(23)10-5-11-19-21-13-17(24-19)14-6-2-1-3-7-14;;/h1-3,6-7,13,15-16H,4-5,8-12,20H2,(H,22,23);2*1H. The summed E-state index contributed by atoms with van der Waals surface area (Å²) in [6.45, 7) is 0.656. The first-order valence-corrected chi connectivity index (χ1v) is 8.76. The number of carbonyl (C=O) groups is 1. The molecule has 0 aliphatic heterocycles. The van der Waals surface area contributed by atoms with Crippen LogP contribution in [0.2, 0.25) is 0 Å². The summed E-state index contributed by atoms with van der Waals surface area (Å²) < 4.78 is 5.76. The van der Waals surface area contributed by atoms with Gasteiger partial charge in [-0.15, -0.1) is 24.8 Å². The average Bonchev–Trinajstić information content (AvgIpc) is 3.25. The van der Waals surface area contributed by atoms with Crippen LogP contribution in [0.5, 0.6) is 0 Å². The quantitative estimate of drug-likeness (QED) is 0.742. The Morgan fingerprint density at radius 3 is 2.73 bits per heavy atom. The van der Waals surface area contributed by atoms with Crippen molar-refractivity contribution < 1.29 is 9.21 Å². The topological polar surface area (TPSA) is 81.1 Å². The molecule has 1 aliphatic rings. The lowest BCUT2D eigenvalue weighted by Crippen LogP contribution is -2.39. The van der Waals surface area contributed by atoms with Crippen molar-refractivity contribution in [2.24, 2.45) is 11.7 Å². The molecule has 2 aromatic rings. The number of nitrogens with one attached hydrogen (secondary N) is 1. The van der Waals surface area contributed by atoms with Crippen molar-refractivity contribution in [2.45, 2.75) is 44.6 Å². The van der Waals surface area contributed by atoms with Crippen LogP contribution in [0.15, 0.2) is 40.9 Å². The molecule has 5 nitrogen and oxygen atoms in total. The van der Waals surface area contributed by atoms with Crippen LogP contribution in [0.1, 0.15) is 38.0 Å². The van der Waals surface area contributed by atoms with E-state index in [9.17, 15) is 4.79 Å². The molecule has 0 bridgehead atoms. The summed E-state index contributed by atoms with van der Waals surface area (Å²) >= 11 is 0. The number of rotatable bonds is 7. The van der Waals surface area contributed by atoms with Gasteiger partial charge in [-0.2, -0.15) is 0 Å². The SMILES string of the molecule is Cl.Cl.NCC1CCCC1NC(=O)CCCc1ncc(-c2ccccc2)o1. The molecule has 2 atom stereocenters. The molecule has 3 N–H and O–H groups in total. The third-order valence-corrected chi connectivity index (χ3v) is 4.71. The van der Waals surface area contributed by atoms with E-state index in [4.69, 9.17) is 10.2 Å². The van der Waals surface area contributed by atoms with Crippen molar-refractivity contribution in [3.63, 3.8) is 0 Å². The number of nitrogens with zero attached hydrogens (tertiary/aromatic N) is 1. The number of nitrogens with two attached hydrogens (primary N) is 1. The van der Waals surface area contributed by atoms with Gasteiger partial charge < -0.3 is 15.5 Å². The van der Waals surface area contributed by atoms with E-state index in [2.05, 4.69) is 10.3 Å². The van der Waals surface area contributed by atoms with Crippen LogP contribution >= 0.6 is 24.8 Å². The van der Waals surface area contributed by atoms with E-state index in [-0.39, 0.29) is 36.8 Å². The first-order chi connectivity index (χ1) is 11.8. The molecular formula is C19H27Cl2N3O2. The summed E-state index contributed by atoms with van der Waals surface area (Å²) in [4.78, 5) is 16.4. The Hall–Kier alpha value is -1.56. The Balaban J connectivity index is 0.00000169. The summed E-state index contributed by atoms with van der Waals surface area (Å²) in [6.07, 6.45) is 6.98.